The van der Waals surface area contributed by atoms with Gasteiger partial charge in [-0.05, 0) is 62.8 Å². The fraction of sp³-hybridized carbons (Fsp3) is 0.303. The predicted octanol–water partition coefficient (Wildman–Crippen LogP) is 6.04. The van der Waals surface area contributed by atoms with E-state index in [9.17, 15) is 0 Å². The van der Waals surface area contributed by atoms with E-state index in [-0.39, 0.29) is 6.04 Å². The van der Waals surface area contributed by atoms with Crippen molar-refractivity contribution in [2.45, 2.75) is 64.2 Å². The predicted molar refractivity (Wildman–Crippen MR) is 185 cm³/mol. The van der Waals surface area contributed by atoms with Gasteiger partial charge in [-0.2, -0.15) is 9.97 Å². The van der Waals surface area contributed by atoms with Crippen molar-refractivity contribution < 1.29 is 10.0 Å². The van der Waals surface area contributed by atoms with Crippen LogP contribution >= 0.6 is 23.2 Å². The highest BCUT2D eigenvalue weighted by Gasteiger charge is 2.21. The number of fused-ring (bicyclic) bond motifs is 1. The summed E-state index contributed by atoms with van der Waals surface area (Å²) >= 11 is 12.0. The quantitative estimate of drug-likeness (QED) is 0.129. The lowest BCUT2D eigenvalue weighted by Crippen LogP contribution is -2.33. The molecule has 6 rings (SSSR count). The van der Waals surface area contributed by atoms with Crippen LogP contribution in [-0.2, 0) is 6.54 Å². The largest absolute Gasteiger partial charge is 0.489 e. The van der Waals surface area contributed by atoms with Gasteiger partial charge in [0.15, 0.2) is 17.0 Å². The van der Waals surface area contributed by atoms with Crippen molar-refractivity contribution in [1.82, 2.24) is 19.5 Å². The highest BCUT2D eigenvalue weighted by atomic mass is 35.5. The molecule has 1 aliphatic carbocycles. The second kappa shape index (κ2) is 15.1. The molecular formula is C33H38BCl2N7O2. The van der Waals surface area contributed by atoms with E-state index in [4.69, 9.17) is 49.0 Å². The molecule has 2 heterocycles. The van der Waals surface area contributed by atoms with Gasteiger partial charge in [0.05, 0.1) is 6.33 Å². The summed E-state index contributed by atoms with van der Waals surface area (Å²) in [5.41, 5.74) is 11.3. The molecule has 2 aromatic heterocycles. The van der Waals surface area contributed by atoms with E-state index < -0.39 is 7.12 Å². The van der Waals surface area contributed by atoms with E-state index in [0.29, 0.717) is 35.1 Å². The Morgan fingerprint density at radius 3 is 2.20 bits per heavy atom. The van der Waals surface area contributed by atoms with Crippen molar-refractivity contribution in [3.63, 3.8) is 0 Å². The van der Waals surface area contributed by atoms with Crippen molar-refractivity contribution in [2.24, 2.45) is 5.73 Å². The zero-order valence-corrected chi connectivity index (χ0v) is 26.9. The van der Waals surface area contributed by atoms with Gasteiger partial charge in [-0.15, -0.1) is 0 Å². The second-order valence-corrected chi connectivity index (χ2v) is 12.3. The Hall–Kier alpha value is -3.67. The number of benzene rings is 3. The summed E-state index contributed by atoms with van der Waals surface area (Å²) in [7, 11) is -1.48. The number of nitrogens with zero attached hydrogens (tertiary/aromatic N) is 4. The summed E-state index contributed by atoms with van der Waals surface area (Å²) in [5.74, 6) is 1.37. The van der Waals surface area contributed by atoms with Crippen LogP contribution in [0, 0.1) is 0 Å². The molecule has 3 aromatic carbocycles. The summed E-state index contributed by atoms with van der Waals surface area (Å²) in [6.07, 6.45) is 5.97. The second-order valence-electron chi connectivity index (χ2n) is 11.5. The van der Waals surface area contributed by atoms with Crippen molar-refractivity contribution >= 4 is 58.7 Å². The Labute approximate surface area is 274 Å². The third kappa shape index (κ3) is 8.33. The monoisotopic (exact) mass is 645 g/mol. The van der Waals surface area contributed by atoms with E-state index in [1.54, 1.807) is 24.3 Å². The number of rotatable bonds is 8. The maximum Gasteiger partial charge on any atom is 0.489 e. The summed E-state index contributed by atoms with van der Waals surface area (Å²) < 4.78 is 2.09. The van der Waals surface area contributed by atoms with Gasteiger partial charge in [0, 0.05) is 45.7 Å². The Morgan fingerprint density at radius 1 is 0.911 bits per heavy atom. The third-order valence-electron chi connectivity index (χ3n) is 7.86. The van der Waals surface area contributed by atoms with Gasteiger partial charge in [-0.1, -0.05) is 83.9 Å². The topological polar surface area (TPSA) is 134 Å². The molecule has 1 aliphatic rings. The van der Waals surface area contributed by atoms with Crippen molar-refractivity contribution in [3.05, 3.63) is 94.7 Å². The normalized spacial score (nSPS) is 16.3. The van der Waals surface area contributed by atoms with Crippen LogP contribution in [0.4, 0.5) is 11.8 Å². The molecule has 1 saturated carbocycles. The van der Waals surface area contributed by atoms with E-state index >= 15 is 0 Å². The van der Waals surface area contributed by atoms with Crippen LogP contribution in [0.5, 0.6) is 0 Å². The van der Waals surface area contributed by atoms with E-state index in [1.165, 1.54) is 0 Å². The minimum absolute atomic E-state index is 0.251. The highest BCUT2D eigenvalue weighted by Crippen LogP contribution is 2.29. The average molecular weight is 646 g/mol. The number of imidazole rings is 1. The molecule has 0 radical (unpaired) electrons. The zero-order chi connectivity index (χ0) is 31.9. The number of halogens is 2. The number of hydrogen-bond acceptors (Lipinski definition) is 8. The summed E-state index contributed by atoms with van der Waals surface area (Å²) in [6, 6.07) is 23.8. The first kappa shape index (κ1) is 32.7. The Morgan fingerprint density at radius 2 is 1.58 bits per heavy atom. The van der Waals surface area contributed by atoms with Crippen LogP contribution in [0.25, 0.3) is 22.3 Å². The maximum absolute atomic E-state index is 8.68. The Bertz CT molecular complexity index is 1710. The first-order valence-electron chi connectivity index (χ1n) is 15.1. The number of hydrogen-bond donors (Lipinski definition) is 5. The van der Waals surface area contributed by atoms with Gasteiger partial charge in [-0.25, -0.2) is 4.98 Å². The molecule has 6 N–H and O–H groups in total. The fourth-order valence-electron chi connectivity index (χ4n) is 5.30. The van der Waals surface area contributed by atoms with Crippen molar-refractivity contribution in [1.29, 1.82) is 0 Å². The summed E-state index contributed by atoms with van der Waals surface area (Å²) in [5, 5.41) is 25.5. The van der Waals surface area contributed by atoms with E-state index in [1.807, 2.05) is 30.6 Å². The molecule has 0 saturated heterocycles. The molecule has 234 valence electrons. The van der Waals surface area contributed by atoms with Gasteiger partial charge >= 0.3 is 7.12 Å². The molecule has 0 atom stereocenters. The summed E-state index contributed by atoms with van der Waals surface area (Å²) in [4.78, 5) is 14.3. The van der Waals surface area contributed by atoms with Gasteiger partial charge in [0.25, 0.3) is 0 Å². The molecule has 0 unspecified atom stereocenters. The standard InChI is InChI=1S/C27H32ClN7.C6H6BClO2/c1-17(2)35-16-31-24-25(33-27(34-26(24)35)32-21-13-11-20(29)12-14-21)30-15-18-7-9-19(10-8-18)22-5-3-4-6-23(22)28;8-6-4-2-1-3-5(6)7(9)10/h3-10,16-17,20-21H,11-15,29H2,1-2H3,(H2,30,32,33,34);1-4,9-10H. The smallest absolute Gasteiger partial charge is 0.423 e. The first-order valence-corrected chi connectivity index (χ1v) is 15.9. The molecule has 0 spiro atoms. The Kier molecular flexibility index (Phi) is 11.0. The highest BCUT2D eigenvalue weighted by molar-refractivity contribution is 6.62. The lowest BCUT2D eigenvalue weighted by molar-refractivity contribution is 0.410. The van der Waals surface area contributed by atoms with Crippen LogP contribution in [-0.4, -0.2) is 48.8 Å². The molecule has 9 nitrogen and oxygen atoms in total. The van der Waals surface area contributed by atoms with Crippen LogP contribution in [0.2, 0.25) is 10.0 Å². The Balaban J connectivity index is 0.000000342. The van der Waals surface area contributed by atoms with Gasteiger partial charge < -0.3 is 31.0 Å². The van der Waals surface area contributed by atoms with Crippen LogP contribution in [0.15, 0.2) is 79.1 Å². The van der Waals surface area contributed by atoms with Gasteiger partial charge in [0.1, 0.15) is 0 Å². The SMILES string of the molecule is CC(C)n1cnc2c(NCc3ccc(-c4ccccc4Cl)cc3)nc(NC3CCC(N)CC3)nc21.OB(O)c1ccccc1Cl. The lowest BCUT2D eigenvalue weighted by Gasteiger charge is -2.27. The third-order valence-corrected chi connectivity index (χ3v) is 8.54. The number of nitrogens with one attached hydrogen (secondary N) is 2. The molecule has 0 bridgehead atoms. The molecule has 0 amide bonds. The van der Waals surface area contributed by atoms with E-state index in [2.05, 4.69) is 58.3 Å². The van der Waals surface area contributed by atoms with Crippen LogP contribution in [0.1, 0.15) is 51.1 Å². The minimum atomic E-state index is -1.48. The van der Waals surface area contributed by atoms with E-state index in [0.717, 1.165) is 64.4 Å². The molecule has 5 aromatic rings. The fourth-order valence-corrected chi connectivity index (χ4v) is 5.77. The number of anilines is 2. The number of nitrogens with two attached hydrogens (primary N) is 1. The molecule has 12 heteroatoms. The first-order chi connectivity index (χ1) is 21.7. The van der Waals surface area contributed by atoms with Gasteiger partial charge in [0.2, 0.25) is 5.95 Å². The zero-order valence-electron chi connectivity index (χ0n) is 25.4. The van der Waals surface area contributed by atoms with Crippen molar-refractivity contribution in [3.8, 4) is 11.1 Å². The van der Waals surface area contributed by atoms with Crippen molar-refractivity contribution in [2.75, 3.05) is 10.6 Å². The number of aromatic nitrogens is 4. The minimum Gasteiger partial charge on any atom is -0.423 e. The van der Waals surface area contributed by atoms with Crippen LogP contribution in [0.3, 0.4) is 0 Å². The molecule has 45 heavy (non-hydrogen) atoms. The lowest BCUT2D eigenvalue weighted by atomic mass is 9.80. The summed E-state index contributed by atoms with van der Waals surface area (Å²) in [6.45, 7) is 4.89. The molecule has 0 aliphatic heterocycles. The van der Waals surface area contributed by atoms with Crippen LogP contribution < -0.4 is 21.8 Å². The maximum atomic E-state index is 8.68. The molecular weight excluding hydrogens is 608 g/mol. The van der Waals surface area contributed by atoms with Gasteiger partial charge in [-0.3, -0.25) is 0 Å². The molecule has 1 fully saturated rings. The average Bonchev–Trinajstić information content (AvgIpc) is 3.47.